The van der Waals surface area contributed by atoms with Gasteiger partial charge in [-0.2, -0.15) is 0 Å². The van der Waals surface area contributed by atoms with Crippen molar-refractivity contribution in [3.8, 4) is 43.9 Å². The third-order valence-corrected chi connectivity index (χ3v) is 13.4. The Morgan fingerprint density at radius 2 is 0.783 bits per heavy atom. The SMILES string of the molecule is CC(C)(C)c1ccc(C2=C3C(=O)N(c4ccc(-c5scc6c5OCCO6)cc4)C(c4ccc(C(C)(C)C)cc4)=C3C(=O)N2c2ccc(-c3scc4c3OCCO4)cc2)cc1. The fraction of sp³-hybridized carbons (Fsp3) is 0.240. The lowest BCUT2D eigenvalue weighted by Crippen LogP contribution is -2.29. The standard InChI is InChI=1S/C50H44N2O6S2/c1-49(2,3)33-15-7-29(8-16-33)41-39-40(48(54)51(41)35-19-11-31(12-20-35)45-43-37(27-59-45)55-23-25-57-43)42(30-9-17-34(18-10-30)50(4,5)6)52(47(39)53)36-21-13-32(14-22-36)46-44-38(28-60-46)56-24-26-58-44/h7-22,27-28H,23-26H2,1-6H3. The highest BCUT2D eigenvalue weighted by Crippen LogP contribution is 2.52. The number of benzene rings is 4. The zero-order valence-electron chi connectivity index (χ0n) is 34.4. The van der Waals surface area contributed by atoms with Crippen molar-refractivity contribution in [3.63, 3.8) is 0 Å². The number of amides is 2. The average molecular weight is 833 g/mol. The lowest BCUT2D eigenvalue weighted by atomic mass is 9.86. The summed E-state index contributed by atoms with van der Waals surface area (Å²) in [7, 11) is 0. The van der Waals surface area contributed by atoms with E-state index < -0.39 is 0 Å². The molecule has 0 atom stereocenters. The van der Waals surface area contributed by atoms with Crippen LogP contribution in [0.4, 0.5) is 11.4 Å². The number of anilines is 2. The molecule has 0 spiro atoms. The Morgan fingerprint density at radius 1 is 0.450 bits per heavy atom. The lowest BCUT2D eigenvalue weighted by molar-refractivity contribution is -0.115. The minimum absolute atomic E-state index is 0.0851. The molecular formula is C50H44N2O6S2. The highest BCUT2D eigenvalue weighted by Gasteiger charge is 2.50. The molecule has 8 nitrogen and oxygen atoms in total. The van der Waals surface area contributed by atoms with Gasteiger partial charge < -0.3 is 18.9 Å². The number of hydrogen-bond donors (Lipinski definition) is 0. The van der Waals surface area contributed by atoms with Gasteiger partial charge in [-0.05, 0) is 68.5 Å². The number of rotatable bonds is 6. The van der Waals surface area contributed by atoms with Gasteiger partial charge in [0.05, 0.1) is 32.3 Å². The summed E-state index contributed by atoms with van der Waals surface area (Å²) >= 11 is 3.13. The Hall–Kier alpha value is -6.10. The molecule has 4 aliphatic rings. The van der Waals surface area contributed by atoms with Gasteiger partial charge in [-0.15, -0.1) is 22.7 Å². The van der Waals surface area contributed by atoms with Crippen molar-refractivity contribution in [1.82, 2.24) is 0 Å². The molecule has 0 radical (unpaired) electrons. The molecule has 0 saturated carbocycles. The van der Waals surface area contributed by atoms with Gasteiger partial charge in [-0.3, -0.25) is 19.4 Å². The number of nitrogens with zero attached hydrogens (tertiary/aromatic N) is 2. The molecule has 6 heterocycles. The molecular weight excluding hydrogens is 789 g/mol. The second-order valence-electron chi connectivity index (χ2n) is 17.4. The third-order valence-electron chi connectivity index (χ3n) is 11.4. The van der Waals surface area contributed by atoms with Gasteiger partial charge in [-0.1, -0.05) is 114 Å². The van der Waals surface area contributed by atoms with Crippen LogP contribution in [0, 0.1) is 0 Å². The second kappa shape index (κ2) is 14.3. The van der Waals surface area contributed by atoms with Gasteiger partial charge >= 0.3 is 0 Å². The molecule has 10 heteroatoms. The highest BCUT2D eigenvalue weighted by atomic mass is 32.1. The molecule has 0 aliphatic carbocycles. The molecule has 60 heavy (non-hydrogen) atoms. The molecule has 302 valence electrons. The Balaban J connectivity index is 1.13. The van der Waals surface area contributed by atoms with Crippen molar-refractivity contribution >= 4 is 57.3 Å². The first kappa shape index (κ1) is 38.1. The van der Waals surface area contributed by atoms with Gasteiger partial charge in [0.2, 0.25) is 0 Å². The molecule has 0 bridgehead atoms. The summed E-state index contributed by atoms with van der Waals surface area (Å²) < 4.78 is 23.6. The summed E-state index contributed by atoms with van der Waals surface area (Å²) in [5, 5.41) is 3.94. The number of fused-ring (bicyclic) bond motifs is 3. The van der Waals surface area contributed by atoms with Crippen molar-refractivity contribution in [2.45, 2.75) is 52.4 Å². The van der Waals surface area contributed by atoms with Gasteiger partial charge in [0.15, 0.2) is 23.0 Å². The van der Waals surface area contributed by atoms with E-state index in [1.165, 1.54) is 0 Å². The predicted molar refractivity (Wildman–Crippen MR) is 241 cm³/mol. The van der Waals surface area contributed by atoms with Gasteiger partial charge in [0.25, 0.3) is 11.8 Å². The van der Waals surface area contributed by atoms with Crippen molar-refractivity contribution in [2.75, 3.05) is 36.2 Å². The van der Waals surface area contributed by atoms with Crippen molar-refractivity contribution in [1.29, 1.82) is 0 Å². The summed E-state index contributed by atoms with van der Waals surface area (Å²) in [6, 6.07) is 32.3. The maximum absolute atomic E-state index is 15.4. The van der Waals surface area contributed by atoms with Crippen LogP contribution in [0.15, 0.2) is 119 Å². The van der Waals surface area contributed by atoms with Crippen LogP contribution in [0.25, 0.3) is 32.3 Å². The Morgan fingerprint density at radius 3 is 1.13 bits per heavy atom. The zero-order valence-corrected chi connectivity index (χ0v) is 36.0. The minimum Gasteiger partial charge on any atom is -0.485 e. The number of ether oxygens (including phenoxy) is 4. The van der Waals surface area contributed by atoms with Crippen LogP contribution in [0.3, 0.4) is 0 Å². The molecule has 10 rings (SSSR count). The van der Waals surface area contributed by atoms with E-state index in [-0.39, 0.29) is 22.6 Å². The molecule has 0 saturated heterocycles. The molecule has 0 N–H and O–H groups in total. The Labute approximate surface area is 357 Å². The normalized spacial score (nSPS) is 16.3. The first-order valence-electron chi connectivity index (χ1n) is 20.2. The molecule has 0 unspecified atom stereocenters. The second-order valence-corrected chi connectivity index (χ2v) is 19.1. The molecule has 0 fully saturated rings. The highest BCUT2D eigenvalue weighted by molar-refractivity contribution is 7.14. The van der Waals surface area contributed by atoms with Crippen LogP contribution in [0.5, 0.6) is 23.0 Å². The van der Waals surface area contributed by atoms with Crippen LogP contribution < -0.4 is 28.7 Å². The van der Waals surface area contributed by atoms with Crippen LogP contribution in [-0.4, -0.2) is 38.2 Å². The van der Waals surface area contributed by atoms with Crippen molar-refractivity contribution < 1.29 is 28.5 Å². The van der Waals surface area contributed by atoms with E-state index >= 15 is 9.59 Å². The summed E-state index contributed by atoms with van der Waals surface area (Å²) in [5.74, 6) is 2.47. The number of carbonyl (C=O) groups is 2. The van der Waals surface area contributed by atoms with E-state index in [0.717, 1.165) is 66.1 Å². The van der Waals surface area contributed by atoms with E-state index in [9.17, 15) is 0 Å². The lowest BCUT2D eigenvalue weighted by Gasteiger charge is -2.27. The number of thiophene rings is 2. The maximum Gasteiger partial charge on any atom is 0.265 e. The van der Waals surface area contributed by atoms with Crippen molar-refractivity contribution in [2.24, 2.45) is 0 Å². The Bertz CT molecular complexity index is 2550. The summed E-state index contributed by atoms with van der Waals surface area (Å²) in [5.41, 5.74) is 8.80. The van der Waals surface area contributed by atoms with Gasteiger partial charge in [-0.25, -0.2) is 0 Å². The maximum atomic E-state index is 15.4. The minimum atomic E-state index is -0.261. The number of carbonyl (C=O) groups excluding carboxylic acids is 2. The van der Waals surface area contributed by atoms with Crippen LogP contribution >= 0.6 is 22.7 Å². The van der Waals surface area contributed by atoms with E-state index in [4.69, 9.17) is 18.9 Å². The summed E-state index contributed by atoms with van der Waals surface area (Å²) in [6.07, 6.45) is 0. The van der Waals surface area contributed by atoms with Crippen LogP contribution in [0.2, 0.25) is 0 Å². The Kier molecular flexibility index (Phi) is 9.07. The van der Waals surface area contributed by atoms with E-state index in [2.05, 4.69) is 65.8 Å². The van der Waals surface area contributed by atoms with E-state index in [1.807, 2.05) is 83.6 Å². The molecule has 4 aromatic carbocycles. The largest absolute Gasteiger partial charge is 0.485 e. The van der Waals surface area contributed by atoms with Gasteiger partial charge in [0.1, 0.15) is 26.4 Å². The van der Waals surface area contributed by atoms with E-state index in [1.54, 1.807) is 32.5 Å². The van der Waals surface area contributed by atoms with E-state index in [0.29, 0.717) is 60.3 Å². The first-order valence-corrected chi connectivity index (χ1v) is 22.0. The summed E-state index contributed by atoms with van der Waals surface area (Å²) in [4.78, 5) is 36.1. The molecule has 6 aromatic rings. The average Bonchev–Trinajstić information content (AvgIpc) is 4.02. The monoisotopic (exact) mass is 832 g/mol. The molecule has 2 aromatic heterocycles. The topological polar surface area (TPSA) is 77.5 Å². The van der Waals surface area contributed by atoms with Crippen molar-refractivity contribution in [3.05, 3.63) is 141 Å². The fourth-order valence-corrected chi connectivity index (χ4v) is 10.1. The fourth-order valence-electron chi connectivity index (χ4n) is 8.25. The summed E-state index contributed by atoms with van der Waals surface area (Å²) in [6.45, 7) is 15.1. The van der Waals surface area contributed by atoms with Gasteiger partial charge in [0, 0.05) is 22.1 Å². The number of hydrogen-bond acceptors (Lipinski definition) is 8. The molecule has 2 amide bonds. The smallest absolute Gasteiger partial charge is 0.265 e. The molecule has 4 aliphatic heterocycles. The predicted octanol–water partition coefficient (Wildman–Crippen LogP) is 11.5. The first-order chi connectivity index (χ1) is 28.9. The zero-order chi connectivity index (χ0) is 41.5. The quantitative estimate of drug-likeness (QED) is 0.166. The third kappa shape index (κ3) is 6.32. The van der Waals surface area contributed by atoms with Crippen LogP contribution in [-0.2, 0) is 20.4 Å². The van der Waals surface area contributed by atoms with Crippen LogP contribution in [0.1, 0.15) is 63.8 Å².